The van der Waals surface area contributed by atoms with Crippen molar-refractivity contribution in [2.24, 2.45) is 0 Å². The molecule has 78 valence electrons. The summed E-state index contributed by atoms with van der Waals surface area (Å²) in [4.78, 5) is 0. The Morgan fingerprint density at radius 1 is 1.43 bits per heavy atom. The first-order chi connectivity index (χ1) is 6.77. The molecule has 5 heteroatoms. The zero-order valence-corrected chi connectivity index (χ0v) is 8.49. The second-order valence-corrected chi connectivity index (χ2v) is 3.70. The maximum Gasteiger partial charge on any atom is 0.246 e. The molecule has 1 saturated heterocycles. The summed E-state index contributed by atoms with van der Waals surface area (Å²) < 4.78 is 11.0. The second-order valence-electron chi connectivity index (χ2n) is 3.70. The lowest BCUT2D eigenvalue weighted by Gasteiger charge is -2.20. The molecule has 1 atom stereocenters. The van der Waals surface area contributed by atoms with Crippen molar-refractivity contribution in [3.8, 4) is 0 Å². The zero-order chi connectivity index (χ0) is 9.97. The average molecular weight is 197 g/mol. The molecule has 0 bridgehead atoms. The van der Waals surface area contributed by atoms with E-state index < -0.39 is 0 Å². The first kappa shape index (κ1) is 9.61. The number of morpholine rings is 1. The molecule has 1 aromatic rings. The topological polar surface area (TPSA) is 60.2 Å². The minimum Gasteiger partial charge on any atom is -0.422 e. The van der Waals surface area contributed by atoms with Gasteiger partial charge in [0.05, 0.1) is 6.61 Å². The summed E-state index contributed by atoms with van der Waals surface area (Å²) in [5.74, 6) is 1.53. The van der Waals surface area contributed by atoms with Gasteiger partial charge >= 0.3 is 0 Å². The van der Waals surface area contributed by atoms with Gasteiger partial charge in [-0.1, -0.05) is 13.8 Å². The van der Waals surface area contributed by atoms with Gasteiger partial charge in [0.15, 0.2) is 0 Å². The summed E-state index contributed by atoms with van der Waals surface area (Å²) >= 11 is 0. The summed E-state index contributed by atoms with van der Waals surface area (Å²) in [5, 5.41) is 11.2. The molecule has 1 aromatic heterocycles. The molecule has 0 aliphatic carbocycles. The standard InChI is InChI=1S/C9H15N3O2/c1-6(2)8-11-12-9(14-8)7-5-10-3-4-13-7/h6-7,10H,3-5H2,1-2H3/t7-/m0/s1. The SMILES string of the molecule is CC(C)c1nnc([C@@H]2CNCCO2)o1. The molecule has 1 N–H and O–H groups in total. The number of hydrogen-bond donors (Lipinski definition) is 1. The highest BCUT2D eigenvalue weighted by atomic mass is 16.5. The molecule has 2 heterocycles. The molecule has 0 unspecified atom stereocenters. The Bertz CT molecular complexity index is 292. The highest BCUT2D eigenvalue weighted by Gasteiger charge is 2.22. The minimum absolute atomic E-state index is 0.0799. The quantitative estimate of drug-likeness (QED) is 0.761. The Balaban J connectivity index is 2.07. The fourth-order valence-corrected chi connectivity index (χ4v) is 1.33. The van der Waals surface area contributed by atoms with E-state index in [1.807, 2.05) is 13.8 Å². The van der Waals surface area contributed by atoms with Crippen molar-refractivity contribution in [1.82, 2.24) is 15.5 Å². The van der Waals surface area contributed by atoms with Crippen LogP contribution in [-0.2, 0) is 4.74 Å². The molecular weight excluding hydrogens is 182 g/mol. The molecule has 14 heavy (non-hydrogen) atoms. The minimum atomic E-state index is -0.0799. The van der Waals surface area contributed by atoms with E-state index in [9.17, 15) is 0 Å². The lowest BCUT2D eigenvalue weighted by atomic mass is 10.2. The van der Waals surface area contributed by atoms with E-state index in [1.54, 1.807) is 0 Å². The normalized spacial score (nSPS) is 22.9. The maximum atomic E-state index is 5.50. The van der Waals surface area contributed by atoms with Crippen LogP contribution in [0, 0.1) is 0 Å². The van der Waals surface area contributed by atoms with Crippen LogP contribution in [0.4, 0.5) is 0 Å². The highest BCUT2D eigenvalue weighted by molar-refractivity contribution is 4.92. The fourth-order valence-electron chi connectivity index (χ4n) is 1.33. The molecule has 0 aromatic carbocycles. The number of aromatic nitrogens is 2. The molecule has 0 radical (unpaired) electrons. The molecule has 2 rings (SSSR count). The van der Waals surface area contributed by atoms with Gasteiger partial charge in [0.1, 0.15) is 6.10 Å². The number of hydrogen-bond acceptors (Lipinski definition) is 5. The van der Waals surface area contributed by atoms with Gasteiger partial charge in [-0.3, -0.25) is 0 Å². The Hall–Kier alpha value is -0.940. The number of nitrogens with one attached hydrogen (secondary N) is 1. The lowest BCUT2D eigenvalue weighted by molar-refractivity contribution is 0.0101. The molecule has 5 nitrogen and oxygen atoms in total. The first-order valence-corrected chi connectivity index (χ1v) is 4.93. The molecule has 0 saturated carbocycles. The molecular formula is C9H15N3O2. The monoisotopic (exact) mass is 197 g/mol. The zero-order valence-electron chi connectivity index (χ0n) is 8.49. The summed E-state index contributed by atoms with van der Waals surface area (Å²) in [6.45, 7) is 6.39. The number of ether oxygens (including phenoxy) is 1. The third-order valence-corrected chi connectivity index (χ3v) is 2.15. The van der Waals surface area contributed by atoms with Crippen LogP contribution in [0.3, 0.4) is 0 Å². The Kier molecular flexibility index (Phi) is 2.79. The van der Waals surface area contributed by atoms with Crippen molar-refractivity contribution >= 4 is 0 Å². The van der Waals surface area contributed by atoms with E-state index in [4.69, 9.17) is 9.15 Å². The van der Waals surface area contributed by atoms with E-state index in [0.29, 0.717) is 18.4 Å². The summed E-state index contributed by atoms with van der Waals surface area (Å²) in [6, 6.07) is 0. The van der Waals surface area contributed by atoms with E-state index in [1.165, 1.54) is 0 Å². The largest absolute Gasteiger partial charge is 0.422 e. The van der Waals surface area contributed by atoms with Crippen LogP contribution in [0.2, 0.25) is 0 Å². The third kappa shape index (κ3) is 1.93. The Morgan fingerprint density at radius 3 is 2.86 bits per heavy atom. The summed E-state index contributed by atoms with van der Waals surface area (Å²) in [5.41, 5.74) is 0. The van der Waals surface area contributed by atoms with Crippen LogP contribution < -0.4 is 5.32 Å². The number of rotatable bonds is 2. The van der Waals surface area contributed by atoms with Crippen LogP contribution in [0.1, 0.15) is 37.7 Å². The number of nitrogens with zero attached hydrogens (tertiary/aromatic N) is 2. The van der Waals surface area contributed by atoms with Gasteiger partial charge in [-0.15, -0.1) is 10.2 Å². The van der Waals surface area contributed by atoms with Crippen molar-refractivity contribution < 1.29 is 9.15 Å². The van der Waals surface area contributed by atoms with E-state index in [2.05, 4.69) is 15.5 Å². The van der Waals surface area contributed by atoms with Crippen molar-refractivity contribution in [2.75, 3.05) is 19.7 Å². The summed E-state index contributed by atoms with van der Waals surface area (Å²) in [7, 11) is 0. The Labute approximate surface area is 82.8 Å². The van der Waals surface area contributed by atoms with Gasteiger partial charge < -0.3 is 14.5 Å². The first-order valence-electron chi connectivity index (χ1n) is 4.93. The molecule has 1 fully saturated rings. The van der Waals surface area contributed by atoms with Gasteiger partial charge in [-0.25, -0.2) is 0 Å². The van der Waals surface area contributed by atoms with Gasteiger partial charge in [0.25, 0.3) is 0 Å². The van der Waals surface area contributed by atoms with E-state index in [-0.39, 0.29) is 12.0 Å². The van der Waals surface area contributed by atoms with Crippen LogP contribution in [0.15, 0.2) is 4.42 Å². The predicted octanol–water partition coefficient (Wildman–Crippen LogP) is 0.854. The van der Waals surface area contributed by atoms with Gasteiger partial charge in [0.2, 0.25) is 11.8 Å². The third-order valence-electron chi connectivity index (χ3n) is 2.15. The molecule has 1 aliphatic heterocycles. The average Bonchev–Trinajstić information content (AvgIpc) is 2.68. The van der Waals surface area contributed by atoms with Crippen LogP contribution >= 0.6 is 0 Å². The van der Waals surface area contributed by atoms with Gasteiger partial charge in [0, 0.05) is 19.0 Å². The van der Waals surface area contributed by atoms with Gasteiger partial charge in [-0.05, 0) is 0 Å². The Morgan fingerprint density at radius 2 is 2.29 bits per heavy atom. The van der Waals surface area contributed by atoms with E-state index >= 15 is 0 Å². The lowest BCUT2D eigenvalue weighted by Crippen LogP contribution is -2.33. The summed E-state index contributed by atoms with van der Waals surface area (Å²) in [6.07, 6.45) is -0.0799. The molecule has 0 spiro atoms. The fraction of sp³-hybridized carbons (Fsp3) is 0.778. The molecule has 0 amide bonds. The van der Waals surface area contributed by atoms with Crippen molar-refractivity contribution in [3.05, 3.63) is 11.8 Å². The molecule has 1 aliphatic rings. The van der Waals surface area contributed by atoms with E-state index in [0.717, 1.165) is 13.1 Å². The predicted molar refractivity (Wildman–Crippen MR) is 49.9 cm³/mol. The van der Waals surface area contributed by atoms with Gasteiger partial charge in [-0.2, -0.15) is 0 Å². The van der Waals surface area contributed by atoms with Crippen molar-refractivity contribution in [1.29, 1.82) is 0 Å². The van der Waals surface area contributed by atoms with Crippen LogP contribution in [0.5, 0.6) is 0 Å². The van der Waals surface area contributed by atoms with Crippen molar-refractivity contribution in [3.63, 3.8) is 0 Å². The second kappa shape index (κ2) is 4.06. The highest BCUT2D eigenvalue weighted by Crippen LogP contribution is 2.20. The van der Waals surface area contributed by atoms with Crippen molar-refractivity contribution in [2.45, 2.75) is 25.9 Å². The smallest absolute Gasteiger partial charge is 0.246 e. The maximum absolute atomic E-state index is 5.50. The van der Waals surface area contributed by atoms with Crippen LogP contribution in [-0.4, -0.2) is 29.9 Å². The van der Waals surface area contributed by atoms with Crippen LogP contribution in [0.25, 0.3) is 0 Å².